The van der Waals surface area contributed by atoms with Crippen LogP contribution in [0, 0.1) is 5.92 Å². The minimum Gasteiger partial charge on any atom is -0.511 e. The van der Waals surface area contributed by atoms with E-state index in [2.05, 4.69) is 19.8 Å². The second kappa shape index (κ2) is 6.50. The molecule has 4 atom stereocenters. The summed E-state index contributed by atoms with van der Waals surface area (Å²) < 4.78 is 60.1. The third kappa shape index (κ3) is 3.05. The van der Waals surface area contributed by atoms with Crippen LogP contribution in [0.25, 0.3) is 0 Å². The van der Waals surface area contributed by atoms with Gasteiger partial charge in [0.2, 0.25) is 10.0 Å². The Morgan fingerprint density at radius 2 is 2.10 bits per heavy atom. The van der Waals surface area contributed by atoms with Crippen LogP contribution in [-0.4, -0.2) is 58.2 Å². The van der Waals surface area contributed by atoms with Crippen molar-refractivity contribution >= 4 is 48.1 Å². The van der Waals surface area contributed by atoms with Crippen LogP contribution in [-0.2, 0) is 36.1 Å². The van der Waals surface area contributed by atoms with E-state index in [9.17, 15) is 26.7 Å². The average molecular weight is 475 g/mol. The molecule has 1 amide bonds. The predicted molar refractivity (Wildman–Crippen MR) is 107 cm³/mol. The van der Waals surface area contributed by atoms with Gasteiger partial charge in [-0.1, -0.05) is 0 Å². The molecule has 0 saturated carbocycles. The summed E-state index contributed by atoms with van der Waals surface area (Å²) in [5.41, 5.74) is 0.0226. The molecule has 4 aliphatic heterocycles. The van der Waals surface area contributed by atoms with Crippen LogP contribution in [0.5, 0.6) is 0 Å². The number of rotatable bonds is 4. The number of sulfonamides is 2. The molecule has 2 saturated heterocycles. The minimum absolute atomic E-state index is 0.148. The van der Waals surface area contributed by atoms with E-state index < -0.39 is 31.9 Å². The lowest BCUT2D eigenvalue weighted by Gasteiger charge is -2.34. The van der Waals surface area contributed by atoms with Crippen molar-refractivity contribution in [2.24, 2.45) is 10.3 Å². The van der Waals surface area contributed by atoms with Crippen molar-refractivity contribution in [2.45, 2.75) is 42.5 Å². The van der Waals surface area contributed by atoms with Crippen LogP contribution in [0.4, 0.5) is 5.00 Å². The van der Waals surface area contributed by atoms with Gasteiger partial charge in [-0.15, -0.1) is 15.7 Å². The lowest BCUT2D eigenvalue weighted by Crippen LogP contribution is -2.53. The minimum atomic E-state index is -4.23. The molecule has 4 unspecified atom stereocenters. The zero-order valence-corrected chi connectivity index (χ0v) is 18.0. The van der Waals surface area contributed by atoms with E-state index in [1.54, 1.807) is 0 Å². The van der Waals surface area contributed by atoms with Crippen LogP contribution in [0.15, 0.2) is 26.0 Å². The fourth-order valence-corrected chi connectivity index (χ4v) is 7.46. The Hall–Kier alpha value is -2.00. The van der Waals surface area contributed by atoms with Crippen molar-refractivity contribution in [3.63, 3.8) is 0 Å². The largest absolute Gasteiger partial charge is 0.511 e. The molecule has 162 valence electrons. The second-order valence-corrected chi connectivity index (χ2v) is 11.9. The first-order valence-corrected chi connectivity index (χ1v) is 13.3. The zero-order valence-electron chi connectivity index (χ0n) is 15.6. The molecule has 0 aromatic carbocycles. The highest BCUT2D eigenvalue weighted by atomic mass is 32.2. The first-order valence-electron chi connectivity index (χ1n) is 9.12. The summed E-state index contributed by atoms with van der Waals surface area (Å²) in [6, 6.07) is -0.341. The van der Waals surface area contributed by atoms with Crippen LogP contribution < -0.4 is 15.4 Å². The fraction of sp³-hybridized carbons (Fsp3) is 0.500. The molecule has 0 radical (unpaired) electrons. The number of nitrogens with zero attached hydrogens (tertiary/aromatic N) is 1. The number of aliphatic hydroxyl groups excluding tert-OH is 1. The summed E-state index contributed by atoms with van der Waals surface area (Å²) in [7, 11) is -7.75. The average Bonchev–Trinajstić information content (AvgIpc) is 3.33. The SMILES string of the molecule is CS(=O)(=O)NCc1csc2c1S(=O)(=O)N=C(C1=C(O)C3C4CCC(O4)C3NC1=O)N2. The molecular formula is C16H18N4O7S3. The van der Waals surface area contributed by atoms with E-state index in [-0.39, 0.29) is 57.4 Å². The molecular weight excluding hydrogens is 456 g/mol. The standard InChI is InChI=1S/C16H18N4O7S3/c1-29(23,24)17-4-6-5-28-16-13(6)30(25,26)20-14(19-16)10-12(21)9-7-2-3-8(27-7)11(9)18-15(10)22/h5,7-9,11,17,21H,2-4H2,1H3,(H,18,22)(H,19,20). The number of fused-ring (bicyclic) bond motifs is 6. The smallest absolute Gasteiger partial charge is 0.287 e. The molecule has 2 fully saturated rings. The molecule has 30 heavy (non-hydrogen) atoms. The van der Waals surface area contributed by atoms with E-state index in [1.165, 1.54) is 5.38 Å². The maximum atomic E-state index is 12.8. The number of hydrogen-bond donors (Lipinski definition) is 4. The van der Waals surface area contributed by atoms with Crippen molar-refractivity contribution in [3.8, 4) is 0 Å². The number of hydrogen-bond acceptors (Lipinski definition) is 9. The number of aliphatic hydroxyl groups is 1. The van der Waals surface area contributed by atoms with Crippen LogP contribution >= 0.6 is 11.3 Å². The molecule has 4 aliphatic rings. The van der Waals surface area contributed by atoms with Crippen molar-refractivity contribution in [2.75, 3.05) is 11.6 Å². The molecule has 1 aromatic heterocycles. The second-order valence-electron chi connectivity index (χ2n) is 7.63. The van der Waals surface area contributed by atoms with E-state index in [1.807, 2.05) is 0 Å². The number of carbonyl (C=O) groups is 1. The topological polar surface area (TPSA) is 163 Å². The lowest BCUT2D eigenvalue weighted by atomic mass is 9.79. The van der Waals surface area contributed by atoms with Crippen molar-refractivity contribution in [1.82, 2.24) is 10.0 Å². The Balaban J connectivity index is 1.52. The summed E-state index contributed by atoms with van der Waals surface area (Å²) in [6.45, 7) is -0.213. The van der Waals surface area contributed by atoms with Gasteiger partial charge in [0.05, 0.1) is 30.4 Å². The molecule has 4 N–H and O–H groups in total. The first kappa shape index (κ1) is 19.9. The highest BCUT2D eigenvalue weighted by Crippen LogP contribution is 2.45. The van der Waals surface area contributed by atoms with Gasteiger partial charge in [0.1, 0.15) is 21.2 Å². The monoisotopic (exact) mass is 474 g/mol. The van der Waals surface area contributed by atoms with Gasteiger partial charge in [-0.25, -0.2) is 13.1 Å². The van der Waals surface area contributed by atoms with Gasteiger partial charge in [-0.05, 0) is 18.2 Å². The number of amidine groups is 1. The molecule has 11 nitrogen and oxygen atoms in total. The maximum Gasteiger partial charge on any atom is 0.287 e. The number of ether oxygens (including phenoxy) is 1. The van der Waals surface area contributed by atoms with Crippen molar-refractivity contribution in [3.05, 3.63) is 22.3 Å². The number of anilines is 1. The zero-order chi connectivity index (χ0) is 21.4. The Kier molecular flexibility index (Phi) is 4.32. The lowest BCUT2D eigenvalue weighted by molar-refractivity contribution is -0.119. The normalized spacial score (nSPS) is 31.6. The number of carbonyl (C=O) groups excluding carboxylic acids is 1. The van der Waals surface area contributed by atoms with E-state index in [0.717, 1.165) is 30.4 Å². The molecule has 0 spiro atoms. The Morgan fingerprint density at radius 1 is 1.37 bits per heavy atom. The van der Waals surface area contributed by atoms with Gasteiger partial charge in [0.15, 0.2) is 5.84 Å². The highest BCUT2D eigenvalue weighted by molar-refractivity contribution is 7.91. The Morgan fingerprint density at radius 3 is 2.83 bits per heavy atom. The van der Waals surface area contributed by atoms with E-state index in [4.69, 9.17) is 4.74 Å². The molecule has 1 aromatic rings. The fourth-order valence-electron chi connectivity index (χ4n) is 4.43. The van der Waals surface area contributed by atoms with Crippen molar-refractivity contribution in [1.29, 1.82) is 0 Å². The van der Waals surface area contributed by atoms with Crippen LogP contribution in [0.1, 0.15) is 18.4 Å². The van der Waals surface area contributed by atoms with Gasteiger partial charge >= 0.3 is 0 Å². The van der Waals surface area contributed by atoms with Gasteiger partial charge in [-0.2, -0.15) is 8.42 Å². The maximum absolute atomic E-state index is 12.8. The third-order valence-corrected chi connectivity index (χ3v) is 8.80. The third-order valence-electron chi connectivity index (χ3n) is 5.65. The van der Waals surface area contributed by atoms with Gasteiger partial charge in [0, 0.05) is 12.1 Å². The summed E-state index contributed by atoms with van der Waals surface area (Å²) in [5, 5.41) is 18.2. The summed E-state index contributed by atoms with van der Waals surface area (Å²) in [6.07, 6.45) is 2.13. The quantitative estimate of drug-likeness (QED) is 0.466. The summed E-state index contributed by atoms with van der Waals surface area (Å²) >= 11 is 1.04. The first-order chi connectivity index (χ1) is 14.0. The molecule has 0 aliphatic carbocycles. The predicted octanol–water partition coefficient (Wildman–Crippen LogP) is -0.202. The summed E-state index contributed by atoms with van der Waals surface area (Å²) in [4.78, 5) is 12.5. The Bertz CT molecular complexity index is 1230. The van der Waals surface area contributed by atoms with E-state index in [0.29, 0.717) is 0 Å². The summed E-state index contributed by atoms with van der Waals surface area (Å²) in [5.74, 6) is -1.55. The van der Waals surface area contributed by atoms with E-state index >= 15 is 0 Å². The van der Waals surface area contributed by atoms with Gasteiger partial charge < -0.3 is 20.5 Å². The number of thiophene rings is 1. The number of nitrogens with one attached hydrogen (secondary N) is 3. The van der Waals surface area contributed by atoms with Gasteiger partial charge in [0.25, 0.3) is 15.9 Å². The Labute approximate surface area is 176 Å². The van der Waals surface area contributed by atoms with Crippen LogP contribution in [0.3, 0.4) is 0 Å². The van der Waals surface area contributed by atoms with Crippen LogP contribution in [0.2, 0.25) is 0 Å². The van der Waals surface area contributed by atoms with Gasteiger partial charge in [-0.3, -0.25) is 4.79 Å². The number of amides is 1. The molecule has 2 bridgehead atoms. The van der Waals surface area contributed by atoms with Crippen molar-refractivity contribution < 1.29 is 31.5 Å². The highest BCUT2D eigenvalue weighted by Gasteiger charge is 2.55. The molecule has 5 heterocycles. The molecule has 14 heteroatoms. The molecule has 5 rings (SSSR count).